The van der Waals surface area contributed by atoms with Gasteiger partial charge in [-0.15, -0.1) is 0 Å². The third kappa shape index (κ3) is 3.88. The zero-order chi connectivity index (χ0) is 12.9. The normalized spacial score (nSPS) is 11.5. The lowest BCUT2D eigenvalue weighted by molar-refractivity contribution is -0.137. The highest BCUT2D eigenvalue weighted by atomic mass is 19.4. The number of hydrogen-bond acceptors (Lipinski definition) is 1. The summed E-state index contributed by atoms with van der Waals surface area (Å²) in [7, 11) is 0. The van der Waals surface area contributed by atoms with Crippen LogP contribution in [0, 0.1) is 6.92 Å². The minimum absolute atomic E-state index is 0.141. The Labute approximate surface area is 98.6 Å². The van der Waals surface area contributed by atoms with Crippen LogP contribution in [0.5, 0.6) is 0 Å². The average Bonchev–Trinajstić information content (AvgIpc) is 2.28. The Hall–Kier alpha value is -1.32. The molecular formula is C13H14F3O. The lowest BCUT2D eigenvalue weighted by atomic mass is 9.99. The van der Waals surface area contributed by atoms with Gasteiger partial charge in [-0.3, -0.25) is 4.79 Å². The van der Waals surface area contributed by atoms with E-state index in [2.05, 4.69) is 6.92 Å². The monoisotopic (exact) mass is 243 g/mol. The first kappa shape index (κ1) is 13.7. The summed E-state index contributed by atoms with van der Waals surface area (Å²) in [5.74, 6) is -0.452. The summed E-state index contributed by atoms with van der Waals surface area (Å²) in [5.41, 5.74) is -1.08. The standard InChI is InChI=1S/C13H14F3O/c1-2-3-4-9-12(17)10-7-5-6-8-11(10)13(14,15)16/h5-8H,1-4,9H2. The van der Waals surface area contributed by atoms with Gasteiger partial charge in [0.25, 0.3) is 0 Å². The first-order valence-electron chi connectivity index (χ1n) is 5.45. The van der Waals surface area contributed by atoms with E-state index in [4.69, 9.17) is 0 Å². The second kappa shape index (κ2) is 5.84. The van der Waals surface area contributed by atoms with Crippen molar-refractivity contribution in [1.29, 1.82) is 0 Å². The van der Waals surface area contributed by atoms with Crippen LogP contribution in [-0.2, 0) is 6.18 Å². The van der Waals surface area contributed by atoms with Crippen molar-refractivity contribution in [1.82, 2.24) is 0 Å². The molecule has 1 rings (SSSR count). The van der Waals surface area contributed by atoms with E-state index in [9.17, 15) is 18.0 Å². The van der Waals surface area contributed by atoms with Crippen LogP contribution in [0.3, 0.4) is 0 Å². The zero-order valence-corrected chi connectivity index (χ0v) is 9.39. The summed E-state index contributed by atoms with van der Waals surface area (Å²) in [4.78, 5) is 11.7. The number of ketones is 1. The van der Waals surface area contributed by atoms with Crippen molar-refractivity contribution in [3.05, 3.63) is 42.3 Å². The molecule has 0 heterocycles. The van der Waals surface area contributed by atoms with Gasteiger partial charge in [0.15, 0.2) is 5.78 Å². The Bertz CT molecular complexity index is 382. The lowest BCUT2D eigenvalue weighted by Crippen LogP contribution is -2.12. The van der Waals surface area contributed by atoms with Gasteiger partial charge in [0.2, 0.25) is 0 Å². The third-order valence-electron chi connectivity index (χ3n) is 2.44. The van der Waals surface area contributed by atoms with Crippen LogP contribution >= 0.6 is 0 Å². The van der Waals surface area contributed by atoms with Crippen LogP contribution in [-0.4, -0.2) is 5.78 Å². The van der Waals surface area contributed by atoms with Crippen LogP contribution in [0.1, 0.15) is 41.6 Å². The Kier molecular flexibility index (Phi) is 4.73. The van der Waals surface area contributed by atoms with E-state index in [1.807, 2.05) is 0 Å². The van der Waals surface area contributed by atoms with Crippen LogP contribution in [0.2, 0.25) is 0 Å². The third-order valence-corrected chi connectivity index (χ3v) is 2.44. The Balaban J connectivity index is 2.86. The Morgan fingerprint density at radius 2 is 1.82 bits per heavy atom. The number of Topliss-reactive ketones (excluding diaryl/α,β-unsaturated/α-hetero) is 1. The van der Waals surface area contributed by atoms with Gasteiger partial charge in [-0.25, -0.2) is 0 Å². The molecule has 0 aliphatic carbocycles. The van der Waals surface area contributed by atoms with E-state index in [0.29, 0.717) is 12.8 Å². The van der Waals surface area contributed by atoms with Crippen molar-refractivity contribution in [2.75, 3.05) is 0 Å². The van der Waals surface area contributed by atoms with Gasteiger partial charge in [-0.05, 0) is 12.5 Å². The summed E-state index contributed by atoms with van der Waals surface area (Å²) in [6, 6.07) is 4.91. The fourth-order valence-corrected chi connectivity index (χ4v) is 1.57. The highest BCUT2D eigenvalue weighted by Gasteiger charge is 2.34. The fraction of sp³-hybridized carbons (Fsp3) is 0.385. The summed E-state index contributed by atoms with van der Waals surface area (Å²) in [6.45, 7) is 3.62. The zero-order valence-electron chi connectivity index (χ0n) is 9.39. The van der Waals surface area contributed by atoms with Gasteiger partial charge >= 0.3 is 6.18 Å². The molecule has 1 aromatic rings. The molecule has 0 unspecified atom stereocenters. The first-order chi connectivity index (χ1) is 7.96. The summed E-state index contributed by atoms with van der Waals surface area (Å²) in [5, 5.41) is 0. The van der Waals surface area contributed by atoms with Crippen LogP contribution < -0.4 is 0 Å². The smallest absolute Gasteiger partial charge is 0.294 e. The van der Waals surface area contributed by atoms with E-state index < -0.39 is 17.5 Å². The quantitative estimate of drug-likeness (QED) is 0.557. The molecule has 0 amide bonds. The predicted octanol–water partition coefficient (Wildman–Crippen LogP) is 4.28. The summed E-state index contributed by atoms with van der Waals surface area (Å²) >= 11 is 0. The van der Waals surface area contributed by atoms with Crippen LogP contribution in [0.4, 0.5) is 13.2 Å². The average molecular weight is 243 g/mol. The maximum atomic E-state index is 12.6. The van der Waals surface area contributed by atoms with Gasteiger partial charge in [-0.1, -0.05) is 38.0 Å². The number of benzene rings is 1. The van der Waals surface area contributed by atoms with Crippen molar-refractivity contribution < 1.29 is 18.0 Å². The van der Waals surface area contributed by atoms with Crippen LogP contribution in [0.25, 0.3) is 0 Å². The number of carbonyl (C=O) groups excluding carboxylic acids is 1. The molecule has 0 saturated heterocycles. The molecular weight excluding hydrogens is 229 g/mol. The maximum absolute atomic E-state index is 12.6. The largest absolute Gasteiger partial charge is 0.417 e. The predicted molar refractivity (Wildman–Crippen MR) is 59.6 cm³/mol. The van der Waals surface area contributed by atoms with Crippen LogP contribution in [0.15, 0.2) is 24.3 Å². The Morgan fingerprint density at radius 3 is 2.41 bits per heavy atom. The number of carbonyl (C=O) groups is 1. The molecule has 0 fully saturated rings. The molecule has 93 valence electrons. The maximum Gasteiger partial charge on any atom is 0.417 e. The van der Waals surface area contributed by atoms with Crippen molar-refractivity contribution in [2.24, 2.45) is 0 Å². The topological polar surface area (TPSA) is 17.1 Å². The molecule has 1 aromatic carbocycles. The second-order valence-electron chi connectivity index (χ2n) is 3.78. The number of alkyl halides is 3. The second-order valence-corrected chi connectivity index (χ2v) is 3.78. The molecule has 0 aliphatic heterocycles. The molecule has 0 aromatic heterocycles. The van der Waals surface area contributed by atoms with Gasteiger partial charge in [0, 0.05) is 12.0 Å². The highest BCUT2D eigenvalue weighted by Crippen LogP contribution is 2.32. The van der Waals surface area contributed by atoms with Gasteiger partial charge in [-0.2, -0.15) is 13.2 Å². The molecule has 4 heteroatoms. The minimum Gasteiger partial charge on any atom is -0.294 e. The summed E-state index contributed by atoms with van der Waals surface area (Å²) < 4.78 is 37.9. The molecule has 0 saturated carbocycles. The molecule has 0 atom stereocenters. The molecule has 1 nitrogen and oxygen atoms in total. The van der Waals surface area contributed by atoms with Crippen molar-refractivity contribution >= 4 is 5.78 Å². The van der Waals surface area contributed by atoms with Gasteiger partial charge in [0.05, 0.1) is 5.56 Å². The molecule has 1 radical (unpaired) electrons. The van der Waals surface area contributed by atoms with E-state index in [-0.39, 0.29) is 12.0 Å². The van der Waals surface area contributed by atoms with Gasteiger partial charge in [0.1, 0.15) is 0 Å². The minimum atomic E-state index is -4.47. The van der Waals surface area contributed by atoms with E-state index in [0.717, 1.165) is 12.5 Å². The number of rotatable bonds is 5. The fourth-order valence-electron chi connectivity index (χ4n) is 1.57. The summed E-state index contributed by atoms with van der Waals surface area (Å²) in [6.07, 6.45) is -2.32. The van der Waals surface area contributed by atoms with Crippen molar-refractivity contribution in [3.63, 3.8) is 0 Å². The van der Waals surface area contributed by atoms with Crippen molar-refractivity contribution in [2.45, 2.75) is 31.9 Å². The van der Waals surface area contributed by atoms with E-state index in [1.165, 1.54) is 18.2 Å². The highest BCUT2D eigenvalue weighted by molar-refractivity contribution is 5.97. The number of halogens is 3. The SMILES string of the molecule is [CH2]CCCCC(=O)c1ccccc1C(F)(F)F. The molecule has 0 aliphatic rings. The molecule has 0 bridgehead atoms. The molecule has 0 spiro atoms. The van der Waals surface area contributed by atoms with E-state index >= 15 is 0 Å². The number of hydrogen-bond donors (Lipinski definition) is 0. The van der Waals surface area contributed by atoms with E-state index in [1.54, 1.807) is 0 Å². The lowest BCUT2D eigenvalue weighted by Gasteiger charge is -2.11. The molecule has 17 heavy (non-hydrogen) atoms. The Morgan fingerprint density at radius 1 is 1.18 bits per heavy atom. The number of unbranched alkanes of at least 4 members (excludes halogenated alkanes) is 2. The van der Waals surface area contributed by atoms with Gasteiger partial charge < -0.3 is 0 Å². The van der Waals surface area contributed by atoms with Crippen molar-refractivity contribution in [3.8, 4) is 0 Å². The molecule has 0 N–H and O–H groups in total. The first-order valence-corrected chi connectivity index (χ1v) is 5.45.